The molecule has 0 unspecified atom stereocenters. The maximum absolute atomic E-state index is 12.9. The van der Waals surface area contributed by atoms with Crippen LogP contribution in [0.25, 0.3) is 22.0 Å². The van der Waals surface area contributed by atoms with Gasteiger partial charge in [0.1, 0.15) is 5.69 Å². The lowest BCUT2D eigenvalue weighted by atomic mass is 10.0. The molecule has 4 rings (SSSR count). The number of alkyl halides is 3. The number of carbonyl (C=O) groups is 1. The highest BCUT2D eigenvalue weighted by atomic mass is 19.4. The number of amides is 1. The van der Waals surface area contributed by atoms with Crippen LogP contribution in [0, 0.1) is 0 Å². The minimum absolute atomic E-state index is 0.0310. The molecule has 154 valence electrons. The maximum atomic E-state index is 12.9. The highest BCUT2D eigenvalue weighted by molar-refractivity contribution is 6.00. The van der Waals surface area contributed by atoms with Crippen molar-refractivity contribution in [2.45, 2.75) is 18.6 Å². The zero-order valence-electron chi connectivity index (χ0n) is 16.0. The first-order valence-corrected chi connectivity index (χ1v) is 9.48. The van der Waals surface area contributed by atoms with Crippen molar-refractivity contribution in [2.75, 3.05) is 18.4 Å². The molecule has 1 aliphatic rings. The molecule has 1 atom stereocenters. The minimum atomic E-state index is -4.39. The third kappa shape index (κ3) is 3.85. The van der Waals surface area contributed by atoms with Gasteiger partial charge in [-0.1, -0.05) is 43.0 Å². The molecule has 5 nitrogen and oxygen atoms in total. The van der Waals surface area contributed by atoms with Crippen LogP contribution in [0.15, 0.2) is 61.2 Å². The zero-order chi connectivity index (χ0) is 21.3. The summed E-state index contributed by atoms with van der Waals surface area (Å²) in [5, 5.41) is 13.5. The quantitative estimate of drug-likeness (QED) is 0.641. The van der Waals surface area contributed by atoms with E-state index in [1.807, 2.05) is 24.3 Å². The van der Waals surface area contributed by atoms with E-state index in [0.29, 0.717) is 30.2 Å². The summed E-state index contributed by atoms with van der Waals surface area (Å²) in [4.78, 5) is 13.5. The topological polar surface area (TPSA) is 58.1 Å². The molecular formula is C22H19F3N4O. The van der Waals surface area contributed by atoms with E-state index >= 15 is 0 Å². The summed E-state index contributed by atoms with van der Waals surface area (Å²) < 4.78 is 38.6. The fourth-order valence-electron chi connectivity index (χ4n) is 3.64. The molecule has 2 heterocycles. The molecule has 1 N–H and O–H groups in total. The van der Waals surface area contributed by atoms with E-state index in [0.717, 1.165) is 29.3 Å². The van der Waals surface area contributed by atoms with Crippen molar-refractivity contribution in [2.24, 2.45) is 0 Å². The Bertz CT molecular complexity index is 1100. The van der Waals surface area contributed by atoms with Crippen molar-refractivity contribution in [3.63, 3.8) is 0 Å². The van der Waals surface area contributed by atoms with E-state index in [1.165, 1.54) is 18.2 Å². The lowest BCUT2D eigenvalue weighted by Gasteiger charge is -2.17. The third-order valence-corrected chi connectivity index (χ3v) is 5.19. The average molecular weight is 412 g/mol. The number of nitrogens with zero attached hydrogens (tertiary/aromatic N) is 3. The molecule has 3 aromatic rings. The van der Waals surface area contributed by atoms with Crippen molar-refractivity contribution in [1.29, 1.82) is 0 Å². The standard InChI is InChI=1S/C22H19F3N4O/c1-2-19(30)29-12-11-16(13-29)26-21-18-6-4-3-5-17(18)20(27-28-21)14-7-9-15(10-8-14)22(23,24)25/h2-10,16H,1,11-13H2,(H,26,28)/t16-/m0/s1. The molecule has 0 aliphatic carbocycles. The number of hydrogen-bond acceptors (Lipinski definition) is 4. The summed E-state index contributed by atoms with van der Waals surface area (Å²) in [5.74, 6) is 0.479. The second-order valence-electron chi connectivity index (χ2n) is 7.14. The minimum Gasteiger partial charge on any atom is -0.363 e. The van der Waals surface area contributed by atoms with E-state index in [-0.39, 0.29) is 11.9 Å². The monoisotopic (exact) mass is 412 g/mol. The molecule has 0 radical (unpaired) electrons. The first-order valence-electron chi connectivity index (χ1n) is 9.48. The number of anilines is 1. The van der Waals surface area contributed by atoms with Gasteiger partial charge in [-0.3, -0.25) is 4.79 Å². The Morgan fingerprint density at radius 3 is 2.47 bits per heavy atom. The van der Waals surface area contributed by atoms with Crippen LogP contribution in [0.3, 0.4) is 0 Å². The summed E-state index contributed by atoms with van der Waals surface area (Å²) in [6.07, 6.45) is -2.31. The molecule has 30 heavy (non-hydrogen) atoms. The van der Waals surface area contributed by atoms with Crippen LogP contribution in [-0.4, -0.2) is 40.1 Å². The van der Waals surface area contributed by atoms with E-state index in [1.54, 1.807) is 4.90 Å². The largest absolute Gasteiger partial charge is 0.416 e. The summed E-state index contributed by atoms with van der Waals surface area (Å²) in [7, 11) is 0. The molecule has 1 aromatic heterocycles. The van der Waals surface area contributed by atoms with Gasteiger partial charge in [0.25, 0.3) is 0 Å². The summed E-state index contributed by atoms with van der Waals surface area (Å²) in [6.45, 7) is 4.70. The van der Waals surface area contributed by atoms with Gasteiger partial charge < -0.3 is 10.2 Å². The number of likely N-dealkylation sites (tertiary alicyclic amines) is 1. The number of nitrogens with one attached hydrogen (secondary N) is 1. The number of carbonyl (C=O) groups excluding carboxylic acids is 1. The lowest BCUT2D eigenvalue weighted by molar-refractivity contribution is -0.137. The second kappa shape index (κ2) is 7.78. The molecule has 1 fully saturated rings. The Labute approximate surface area is 171 Å². The number of fused-ring (bicyclic) bond motifs is 1. The van der Waals surface area contributed by atoms with E-state index in [9.17, 15) is 18.0 Å². The molecule has 1 saturated heterocycles. The van der Waals surface area contributed by atoms with Crippen molar-refractivity contribution in [3.8, 4) is 11.3 Å². The van der Waals surface area contributed by atoms with Crippen LogP contribution in [0.5, 0.6) is 0 Å². The number of rotatable bonds is 4. The van der Waals surface area contributed by atoms with Gasteiger partial charge in [0.15, 0.2) is 5.82 Å². The smallest absolute Gasteiger partial charge is 0.363 e. The van der Waals surface area contributed by atoms with Gasteiger partial charge in [-0.2, -0.15) is 13.2 Å². The van der Waals surface area contributed by atoms with Crippen LogP contribution >= 0.6 is 0 Å². The SMILES string of the molecule is C=CC(=O)N1CC[C@H](Nc2nnc(-c3ccc(C(F)(F)F)cc3)c3ccccc23)C1. The van der Waals surface area contributed by atoms with Gasteiger partial charge in [-0.25, -0.2) is 0 Å². The Morgan fingerprint density at radius 2 is 1.80 bits per heavy atom. The fourth-order valence-corrected chi connectivity index (χ4v) is 3.64. The Kier molecular flexibility index (Phi) is 5.15. The van der Waals surface area contributed by atoms with Gasteiger partial charge >= 0.3 is 6.18 Å². The summed E-state index contributed by atoms with van der Waals surface area (Å²) in [6, 6.07) is 12.4. The first kappa shape index (κ1) is 19.9. The van der Waals surface area contributed by atoms with Crippen molar-refractivity contribution in [1.82, 2.24) is 15.1 Å². The highest BCUT2D eigenvalue weighted by Crippen LogP contribution is 2.33. The Hall–Kier alpha value is -3.42. The molecular weight excluding hydrogens is 393 g/mol. The van der Waals surface area contributed by atoms with Crippen molar-refractivity contribution < 1.29 is 18.0 Å². The predicted molar refractivity (Wildman–Crippen MR) is 109 cm³/mol. The van der Waals surface area contributed by atoms with Crippen LogP contribution < -0.4 is 5.32 Å². The van der Waals surface area contributed by atoms with E-state index < -0.39 is 11.7 Å². The number of hydrogen-bond donors (Lipinski definition) is 1. The molecule has 1 aliphatic heterocycles. The van der Waals surface area contributed by atoms with Gasteiger partial charge in [-0.15, -0.1) is 10.2 Å². The number of benzene rings is 2. The highest BCUT2D eigenvalue weighted by Gasteiger charge is 2.30. The maximum Gasteiger partial charge on any atom is 0.416 e. The average Bonchev–Trinajstić information content (AvgIpc) is 3.21. The molecule has 0 saturated carbocycles. The zero-order valence-corrected chi connectivity index (χ0v) is 16.0. The second-order valence-corrected chi connectivity index (χ2v) is 7.14. The van der Waals surface area contributed by atoms with Crippen LogP contribution in [-0.2, 0) is 11.0 Å². The lowest BCUT2D eigenvalue weighted by Crippen LogP contribution is -2.30. The fraction of sp³-hybridized carbons (Fsp3) is 0.227. The number of halogens is 3. The first-order chi connectivity index (χ1) is 14.4. The van der Waals surface area contributed by atoms with Crippen LogP contribution in [0.1, 0.15) is 12.0 Å². The Morgan fingerprint density at radius 1 is 1.10 bits per heavy atom. The van der Waals surface area contributed by atoms with Crippen LogP contribution in [0.2, 0.25) is 0 Å². The number of aromatic nitrogens is 2. The van der Waals surface area contributed by atoms with Crippen molar-refractivity contribution >= 4 is 22.5 Å². The van der Waals surface area contributed by atoms with Gasteiger partial charge in [-0.05, 0) is 24.6 Å². The molecule has 8 heteroatoms. The van der Waals surface area contributed by atoms with Gasteiger partial charge in [0.05, 0.1) is 5.56 Å². The summed E-state index contributed by atoms with van der Waals surface area (Å²) >= 11 is 0. The molecule has 1 amide bonds. The van der Waals surface area contributed by atoms with Crippen molar-refractivity contribution in [3.05, 3.63) is 66.7 Å². The summed E-state index contributed by atoms with van der Waals surface area (Å²) in [5.41, 5.74) is 0.364. The van der Waals surface area contributed by atoms with Gasteiger partial charge in [0.2, 0.25) is 5.91 Å². The normalized spacial score (nSPS) is 16.6. The Balaban J connectivity index is 1.64. The van der Waals surface area contributed by atoms with E-state index in [2.05, 4.69) is 22.1 Å². The molecule has 0 spiro atoms. The van der Waals surface area contributed by atoms with Gasteiger partial charge in [0, 0.05) is 35.5 Å². The molecule has 2 aromatic carbocycles. The predicted octanol–water partition coefficient (Wildman–Crippen LogP) is 4.51. The van der Waals surface area contributed by atoms with E-state index in [4.69, 9.17) is 0 Å². The van der Waals surface area contributed by atoms with Crippen LogP contribution in [0.4, 0.5) is 19.0 Å². The third-order valence-electron chi connectivity index (χ3n) is 5.19. The molecule has 0 bridgehead atoms.